The molecule has 0 saturated heterocycles. The van der Waals surface area contributed by atoms with Crippen LogP contribution in [0, 0.1) is 0 Å². The third-order valence-electron chi connectivity index (χ3n) is 0. The molecule has 7 heavy (non-hydrogen) atoms. The van der Waals surface area contributed by atoms with Gasteiger partial charge < -0.3 is 0 Å². The van der Waals surface area contributed by atoms with E-state index in [0.717, 1.165) is 0 Å². The molecule has 0 fully saturated rings. The first-order chi connectivity index (χ1) is 2.00. The Morgan fingerprint density at radius 1 is 1.43 bits per heavy atom. The molecule has 44 valence electrons. The fourth-order valence-corrected chi connectivity index (χ4v) is 0. The van der Waals surface area contributed by atoms with Crippen molar-refractivity contribution in [2.75, 3.05) is 6.26 Å². The number of halogens is 1. The Hall–Kier alpha value is 1.41. The molecule has 1 N–H and O–H groups in total. The van der Waals surface area contributed by atoms with E-state index in [9.17, 15) is 8.42 Å². The van der Waals surface area contributed by atoms with Gasteiger partial charge in [-0.05, 0) is 0 Å². The molecular formula is CH7BaFO3S. The van der Waals surface area contributed by atoms with Crippen LogP contribution in [0.1, 0.15) is 0 Å². The normalized spacial score (nSPS) is 8.29. The fourth-order valence-electron chi connectivity index (χ4n) is 0. The molecule has 0 bridgehead atoms. The summed E-state index contributed by atoms with van der Waals surface area (Å²) in [5.41, 5.74) is 0. The van der Waals surface area contributed by atoms with Crippen molar-refractivity contribution in [2.45, 2.75) is 0 Å². The predicted octanol–water partition coefficient (Wildman–Crippen LogP) is -1.26. The van der Waals surface area contributed by atoms with Crippen LogP contribution in [0.15, 0.2) is 0 Å². The summed E-state index contributed by atoms with van der Waals surface area (Å²) in [7, 11) is -3.67. The van der Waals surface area contributed by atoms with Crippen LogP contribution in [0.25, 0.3) is 0 Å². The van der Waals surface area contributed by atoms with Crippen LogP contribution < -0.4 is 0 Å². The van der Waals surface area contributed by atoms with E-state index < -0.39 is 10.1 Å². The molecule has 0 saturated carbocycles. The summed E-state index contributed by atoms with van der Waals surface area (Å²) in [6.45, 7) is 0. The second-order valence-electron chi connectivity index (χ2n) is 0.733. The van der Waals surface area contributed by atoms with E-state index in [2.05, 4.69) is 0 Å². The van der Waals surface area contributed by atoms with Gasteiger partial charge in [0.05, 0.1) is 6.26 Å². The Morgan fingerprint density at radius 3 is 1.43 bits per heavy atom. The van der Waals surface area contributed by atoms with Crippen LogP contribution in [0.2, 0.25) is 0 Å². The van der Waals surface area contributed by atoms with Gasteiger partial charge in [0, 0.05) is 0 Å². The quantitative estimate of drug-likeness (QED) is 0.434. The summed E-state index contributed by atoms with van der Waals surface area (Å²) in [5, 5.41) is 0. The molecule has 0 aliphatic rings. The van der Waals surface area contributed by atoms with E-state index in [1.165, 1.54) is 0 Å². The van der Waals surface area contributed by atoms with Gasteiger partial charge in [0.25, 0.3) is 10.1 Å². The van der Waals surface area contributed by atoms with Crippen molar-refractivity contribution in [3.8, 4) is 0 Å². The van der Waals surface area contributed by atoms with Crippen LogP contribution in [-0.2, 0) is 10.1 Å². The Labute approximate surface area is 81.7 Å². The first-order valence-corrected chi connectivity index (χ1v) is 2.77. The molecule has 3 nitrogen and oxygen atoms in total. The second-order valence-corrected chi connectivity index (χ2v) is 2.20. The van der Waals surface area contributed by atoms with E-state index in [4.69, 9.17) is 4.55 Å². The van der Waals surface area contributed by atoms with Gasteiger partial charge in [-0.25, -0.2) is 0 Å². The molecule has 0 aromatic heterocycles. The molecule has 0 aromatic rings. The van der Waals surface area contributed by atoms with Gasteiger partial charge in [0.1, 0.15) is 0 Å². The number of hydrogen-bond acceptors (Lipinski definition) is 2. The first kappa shape index (κ1) is 15.8. The molecule has 0 spiro atoms. The summed E-state index contributed by atoms with van der Waals surface area (Å²) in [5.74, 6) is 0. The Bertz CT molecular complexity index is 98.1. The monoisotopic (exact) mass is 256 g/mol. The topological polar surface area (TPSA) is 54.4 Å². The zero-order valence-electron chi connectivity index (χ0n) is 3.08. The molecule has 0 unspecified atom stereocenters. The molecular weight excluding hydrogens is 248 g/mol. The van der Waals surface area contributed by atoms with Crippen LogP contribution in [0.4, 0.5) is 4.70 Å². The van der Waals surface area contributed by atoms with E-state index >= 15 is 0 Å². The summed E-state index contributed by atoms with van der Waals surface area (Å²) in [6, 6.07) is 0. The Balaban J connectivity index is -0.0000000800. The van der Waals surface area contributed by atoms with Crippen molar-refractivity contribution in [3.63, 3.8) is 0 Å². The third kappa shape index (κ3) is 109. The summed E-state index contributed by atoms with van der Waals surface area (Å²) >= 11 is 0. The molecule has 0 atom stereocenters. The van der Waals surface area contributed by atoms with Crippen molar-refractivity contribution in [3.05, 3.63) is 0 Å². The van der Waals surface area contributed by atoms with Crippen molar-refractivity contribution < 1.29 is 17.7 Å². The second kappa shape index (κ2) is 5.55. The van der Waals surface area contributed by atoms with Gasteiger partial charge in [0.2, 0.25) is 0 Å². The van der Waals surface area contributed by atoms with E-state index in [0.29, 0.717) is 6.26 Å². The molecule has 0 rings (SSSR count). The van der Waals surface area contributed by atoms with Crippen LogP contribution in [-0.4, -0.2) is 68.1 Å². The Morgan fingerprint density at radius 2 is 1.43 bits per heavy atom. The first-order valence-electron chi connectivity index (χ1n) is 0.924. The average molecular weight is 255 g/mol. The number of hydrogen-bond donors (Lipinski definition) is 1. The zero-order chi connectivity index (χ0) is 4.50. The standard InChI is InChI=1S/CH4O3S.Ba.FH.2H/c1-5(2,3)4;;;;/h1H3,(H,2,3,4);;1H;;. The van der Waals surface area contributed by atoms with Crippen LogP contribution in [0.3, 0.4) is 0 Å². The molecule has 0 heterocycles. The van der Waals surface area contributed by atoms with Crippen molar-refractivity contribution in [1.29, 1.82) is 0 Å². The molecule has 6 heteroatoms. The fraction of sp³-hybridized carbons (Fsp3) is 1.00. The maximum absolute atomic E-state index is 9.19. The number of rotatable bonds is 0. The molecule has 0 aromatic carbocycles. The van der Waals surface area contributed by atoms with Crippen molar-refractivity contribution in [2.24, 2.45) is 0 Å². The van der Waals surface area contributed by atoms with Gasteiger partial charge in [0.15, 0.2) is 0 Å². The summed E-state index contributed by atoms with van der Waals surface area (Å²) < 4.78 is 25.9. The van der Waals surface area contributed by atoms with Gasteiger partial charge >= 0.3 is 48.9 Å². The molecule has 0 aliphatic heterocycles. The van der Waals surface area contributed by atoms with Crippen LogP contribution >= 0.6 is 0 Å². The van der Waals surface area contributed by atoms with E-state index in [1.807, 2.05) is 0 Å². The molecule has 0 radical (unpaired) electrons. The Kier molecular flexibility index (Phi) is 12.5. The van der Waals surface area contributed by atoms with Crippen molar-refractivity contribution in [1.82, 2.24) is 0 Å². The van der Waals surface area contributed by atoms with Gasteiger partial charge in [-0.3, -0.25) is 9.26 Å². The molecule has 0 aliphatic carbocycles. The van der Waals surface area contributed by atoms with Gasteiger partial charge in [-0.15, -0.1) is 0 Å². The predicted molar refractivity (Wildman–Crippen MR) is 28.5 cm³/mol. The summed E-state index contributed by atoms with van der Waals surface area (Å²) in [6.07, 6.45) is 0.715. The SMILES string of the molecule is CS(=O)(=O)O.F.[BaH2]. The van der Waals surface area contributed by atoms with Crippen molar-refractivity contribution >= 4 is 59.0 Å². The maximum atomic E-state index is 9.19. The average Bonchev–Trinajstić information content (AvgIpc) is 0.722. The third-order valence-corrected chi connectivity index (χ3v) is 0. The minimum absolute atomic E-state index is 0. The van der Waals surface area contributed by atoms with Gasteiger partial charge in [-0.1, -0.05) is 0 Å². The minimum atomic E-state index is -3.67. The van der Waals surface area contributed by atoms with Crippen LogP contribution in [0.5, 0.6) is 0 Å². The van der Waals surface area contributed by atoms with E-state index in [-0.39, 0.29) is 53.6 Å². The van der Waals surface area contributed by atoms with Gasteiger partial charge in [-0.2, -0.15) is 8.42 Å². The zero-order valence-corrected chi connectivity index (χ0v) is 3.90. The molecule has 0 amide bonds. The summed E-state index contributed by atoms with van der Waals surface area (Å²) in [4.78, 5) is 0. The van der Waals surface area contributed by atoms with E-state index in [1.54, 1.807) is 0 Å².